The smallest absolute Gasteiger partial charge is 0.0641 e. The van der Waals surface area contributed by atoms with E-state index in [0.29, 0.717) is 0 Å². The van der Waals surface area contributed by atoms with Crippen LogP contribution in [0.2, 0.25) is 0 Å². The maximum Gasteiger partial charge on any atom is 0.0641 e. The van der Waals surface area contributed by atoms with Gasteiger partial charge in [-0.3, -0.25) is 0 Å². The summed E-state index contributed by atoms with van der Waals surface area (Å²) in [6, 6.07) is 169. The number of rotatable bonds is 10. The van der Waals surface area contributed by atoms with Crippen LogP contribution < -0.4 is 0 Å². The summed E-state index contributed by atoms with van der Waals surface area (Å²) in [6.45, 7) is 0. The minimum absolute atomic E-state index is 1.12. The number of para-hydroxylation sites is 15. The van der Waals surface area contributed by atoms with Gasteiger partial charge in [-0.05, 0) is 157 Å². The molecule has 0 saturated heterocycles. The van der Waals surface area contributed by atoms with Gasteiger partial charge in [0, 0.05) is 131 Å². The molecule has 0 N–H and O–H groups in total. The molecule has 0 bridgehead atoms. The highest BCUT2D eigenvalue weighted by Gasteiger charge is 2.29. The topological polar surface area (TPSA) is 39.4 Å². The Balaban J connectivity index is 0.000000132. The van der Waals surface area contributed by atoms with Gasteiger partial charge < -0.3 is 36.5 Å². The third kappa shape index (κ3) is 10.3. The molecule has 8 heteroatoms. The lowest BCUT2D eigenvalue weighted by Gasteiger charge is -2.19. The van der Waals surface area contributed by atoms with E-state index in [1.807, 2.05) is 0 Å². The molecule has 0 fully saturated rings. The number of hydrogen-bond acceptors (Lipinski definition) is 0. The van der Waals surface area contributed by atoms with Gasteiger partial charge in [-0.2, -0.15) is 0 Å². The Kier molecular flexibility index (Phi) is 15.7. The second-order valence-electron chi connectivity index (χ2n) is 33.7. The molecule has 0 radical (unpaired) electrons. The number of fused-ring (bicyclic) bond motifs is 28. The van der Waals surface area contributed by atoms with Crippen molar-refractivity contribution in [1.29, 1.82) is 0 Å². The molecule has 0 aliphatic carbocycles. The van der Waals surface area contributed by atoms with E-state index in [4.69, 9.17) is 0 Å². The van der Waals surface area contributed by atoms with Crippen molar-refractivity contribution in [1.82, 2.24) is 36.5 Å². The van der Waals surface area contributed by atoms with Crippen molar-refractivity contribution in [3.63, 3.8) is 0 Å². The number of hydrogen-bond donors (Lipinski definition) is 0. The monoisotopic (exact) mass is 1630 g/mol. The molecule has 28 aromatic rings. The number of nitrogens with zero attached hydrogens (tertiary/aromatic N) is 8. The number of aromatic nitrogens is 8. The van der Waals surface area contributed by atoms with Crippen molar-refractivity contribution in [3.8, 4) is 67.8 Å². The van der Waals surface area contributed by atoms with E-state index >= 15 is 0 Å². The van der Waals surface area contributed by atoms with Crippen molar-refractivity contribution in [2.45, 2.75) is 0 Å². The molecule has 0 unspecified atom stereocenters. The molecule has 0 aliphatic heterocycles. The lowest BCUT2D eigenvalue weighted by atomic mass is 10.0. The fraction of sp³-hybridized carbons (Fsp3) is 0. The minimum atomic E-state index is 1.12. The molecule has 0 aliphatic rings. The summed E-state index contributed by atoms with van der Waals surface area (Å²) in [5, 5.41) is 19.9. The first-order chi connectivity index (χ1) is 63.6. The molecule has 8 aromatic heterocycles. The summed E-state index contributed by atoms with van der Waals surface area (Å²) in [4.78, 5) is 0. The maximum absolute atomic E-state index is 2.54. The number of benzene rings is 20. The van der Waals surface area contributed by atoms with Crippen LogP contribution in [0.25, 0.3) is 242 Å². The molecule has 596 valence electrons. The summed E-state index contributed by atoms with van der Waals surface area (Å²) in [7, 11) is 0. The summed E-state index contributed by atoms with van der Waals surface area (Å²) in [6.07, 6.45) is 0. The van der Waals surface area contributed by atoms with Crippen LogP contribution in [0.3, 0.4) is 0 Å². The lowest BCUT2D eigenvalue weighted by molar-refractivity contribution is 1.16. The summed E-state index contributed by atoms with van der Waals surface area (Å²) < 4.78 is 19.8. The van der Waals surface area contributed by atoms with Gasteiger partial charge in [-0.1, -0.05) is 309 Å². The second kappa shape index (κ2) is 28.2. The van der Waals surface area contributed by atoms with Gasteiger partial charge in [0.1, 0.15) is 0 Å². The second-order valence-corrected chi connectivity index (χ2v) is 33.7. The highest BCUT2D eigenvalue weighted by Crippen LogP contribution is 2.51. The highest BCUT2D eigenvalue weighted by molar-refractivity contribution is 6.31. The zero-order valence-electron chi connectivity index (χ0n) is 69.5. The van der Waals surface area contributed by atoms with Crippen molar-refractivity contribution >= 4 is 174 Å². The van der Waals surface area contributed by atoms with Crippen molar-refractivity contribution < 1.29 is 0 Å². The predicted molar refractivity (Wildman–Crippen MR) is 538 cm³/mol. The van der Waals surface area contributed by atoms with Crippen LogP contribution >= 0.6 is 0 Å². The van der Waals surface area contributed by atoms with E-state index in [1.54, 1.807) is 0 Å². The van der Waals surface area contributed by atoms with Gasteiger partial charge in [0.25, 0.3) is 0 Å². The highest BCUT2D eigenvalue weighted by atomic mass is 15.1. The standard InChI is InChI=1S/2C60H38N4/c1-3-19-39(20-4-1)61-53-33-17-11-27-47(53)57-55(61)37-35-45-43-25-9-15-31-51(43)63(59(45)57)49-29-13-7-23-41(49)42-24-8-14-30-50(42)64-52-32-16-10-26-44(52)46-36-38-56-58(60(46)64)48-28-12-18-34-54(48)62(56)40-21-5-2-6-22-40;1-3-19-40(20-4-1)61-53-32-15-10-27-48(53)57-55(61)36-34-46-44-25-8-13-30-51(44)63(59(46)57)42-23-17-18-39(38-42)43-24-7-12-29-50(43)64-52-31-14-9-26-45(52)47-35-37-56-58(60(47)64)49-28-11-16-33-54(49)62(56)41-21-5-2-6-22-41/h2*1-38H. The summed E-state index contributed by atoms with van der Waals surface area (Å²) in [5.74, 6) is 0. The van der Waals surface area contributed by atoms with E-state index < -0.39 is 0 Å². The summed E-state index contributed by atoms with van der Waals surface area (Å²) in [5.41, 5.74) is 32.9. The first kappa shape index (κ1) is 71.4. The molecule has 8 heterocycles. The fourth-order valence-electron chi connectivity index (χ4n) is 22.0. The fourth-order valence-corrected chi connectivity index (χ4v) is 22.0. The average molecular weight is 1630 g/mol. The minimum Gasteiger partial charge on any atom is -0.309 e. The molecule has 0 atom stereocenters. The van der Waals surface area contributed by atoms with Gasteiger partial charge in [0.15, 0.2) is 0 Å². The molecule has 20 aromatic carbocycles. The zero-order chi connectivity index (χ0) is 83.8. The Bertz CT molecular complexity index is 9180. The van der Waals surface area contributed by atoms with E-state index in [9.17, 15) is 0 Å². The van der Waals surface area contributed by atoms with E-state index in [-0.39, 0.29) is 0 Å². The van der Waals surface area contributed by atoms with E-state index in [2.05, 4.69) is 498 Å². The van der Waals surface area contributed by atoms with Gasteiger partial charge in [0.05, 0.1) is 105 Å². The molecular weight excluding hydrogens is 1550 g/mol. The maximum atomic E-state index is 2.54. The van der Waals surface area contributed by atoms with Crippen LogP contribution in [0.1, 0.15) is 0 Å². The van der Waals surface area contributed by atoms with Crippen molar-refractivity contribution in [3.05, 3.63) is 461 Å². The third-order valence-electron chi connectivity index (χ3n) is 27.1. The Hall–Kier alpha value is -17.2. The molecule has 28 rings (SSSR count). The zero-order valence-corrected chi connectivity index (χ0v) is 69.5. The lowest BCUT2D eigenvalue weighted by Crippen LogP contribution is -2.01. The Morgan fingerprint density at radius 2 is 0.336 bits per heavy atom. The van der Waals surface area contributed by atoms with Gasteiger partial charge in [-0.15, -0.1) is 0 Å². The Morgan fingerprint density at radius 1 is 0.117 bits per heavy atom. The Morgan fingerprint density at radius 3 is 0.641 bits per heavy atom. The predicted octanol–water partition coefficient (Wildman–Crippen LogP) is 31.5. The van der Waals surface area contributed by atoms with Crippen LogP contribution in [-0.2, 0) is 0 Å². The van der Waals surface area contributed by atoms with Gasteiger partial charge in [0.2, 0.25) is 0 Å². The van der Waals surface area contributed by atoms with Crippen molar-refractivity contribution in [2.75, 3.05) is 0 Å². The molecular formula is C120H76N8. The van der Waals surface area contributed by atoms with Gasteiger partial charge >= 0.3 is 0 Å². The van der Waals surface area contributed by atoms with Crippen molar-refractivity contribution in [2.24, 2.45) is 0 Å². The summed E-state index contributed by atoms with van der Waals surface area (Å²) >= 11 is 0. The molecule has 0 amide bonds. The SMILES string of the molecule is c1ccc(-n2c3ccccc3c3c2ccc2c4ccccc4n(-c4cccc(-c5ccccc5-n5c6ccccc6c6ccc7c(c8ccccc8n7-c7ccccc7)c65)c4)c23)cc1.c1ccc(-n2c3ccccc3c3c2ccc2c4ccccc4n(-c4ccccc4-c4ccccc4-n4c5ccccc5c5ccc6c(c7ccccc7n6-c6ccccc6)c54)c23)cc1. The molecule has 0 saturated carbocycles. The van der Waals surface area contributed by atoms with Crippen LogP contribution in [0.15, 0.2) is 461 Å². The molecule has 128 heavy (non-hydrogen) atoms. The third-order valence-corrected chi connectivity index (χ3v) is 27.1. The molecule has 8 nitrogen and oxygen atoms in total. The van der Waals surface area contributed by atoms with Crippen LogP contribution in [0.4, 0.5) is 0 Å². The first-order valence-electron chi connectivity index (χ1n) is 44.1. The quantitative estimate of drug-likeness (QED) is 0.131. The van der Waals surface area contributed by atoms with Crippen LogP contribution in [-0.4, -0.2) is 36.5 Å². The van der Waals surface area contributed by atoms with E-state index in [0.717, 1.165) is 62.2 Å². The van der Waals surface area contributed by atoms with Crippen LogP contribution in [0.5, 0.6) is 0 Å². The average Bonchev–Trinajstić information content (AvgIpc) is 1.60. The largest absolute Gasteiger partial charge is 0.309 e. The first-order valence-corrected chi connectivity index (χ1v) is 44.1. The van der Waals surface area contributed by atoms with Crippen LogP contribution in [0, 0.1) is 0 Å². The van der Waals surface area contributed by atoms with E-state index in [1.165, 1.54) is 180 Å². The Labute approximate surface area is 734 Å². The van der Waals surface area contributed by atoms with Gasteiger partial charge in [-0.25, -0.2) is 0 Å². The molecule has 0 spiro atoms. The normalized spacial score (nSPS) is 12.1.